The van der Waals surface area contributed by atoms with Crippen LogP contribution in [0.15, 0.2) is 243 Å². The SMILES string of the molecule is O=C(OC[C@H]1O[C@@H](O[C@H]2[C@@H](O)[C@@H](CO)O[C@@H](O[C@H]3[C@H](OC(=O)c4ccccc4)[C@H](OC(=O)c4ccccc4)[C@@H](O)O[C@@H]3COC(=O)c3ccccc3)[C@@H]2OC(=O)c2ccccc2)[C@H](OC(=O)c2ccccc2)[C@@H](OC(=O)c2ccccc2)[C@@H]1OC(=O)c1ccccc1)c1ccccc1. The van der Waals surface area contributed by atoms with Crippen molar-refractivity contribution in [2.24, 2.45) is 0 Å². The molecule has 15 atom stereocenters. The van der Waals surface area contributed by atoms with Crippen LogP contribution < -0.4 is 0 Å². The fraction of sp³-hybridized carbons (Fsp3) is 0.243. The van der Waals surface area contributed by atoms with Gasteiger partial charge in [0.15, 0.2) is 55.5 Å². The molecule has 11 rings (SSSR count). The van der Waals surface area contributed by atoms with Gasteiger partial charge < -0.3 is 76.9 Å². The van der Waals surface area contributed by atoms with Gasteiger partial charge in [0.1, 0.15) is 49.8 Å². The summed E-state index contributed by atoms with van der Waals surface area (Å²) in [6.07, 6.45) is -30.7. The summed E-state index contributed by atoms with van der Waals surface area (Å²) >= 11 is 0. The summed E-state index contributed by atoms with van der Waals surface area (Å²) in [4.78, 5) is 115. The summed E-state index contributed by atoms with van der Waals surface area (Å²) in [6, 6.07) is 60.3. The Hall–Kier alpha value is -10.8. The van der Waals surface area contributed by atoms with E-state index in [1.54, 1.807) is 84.9 Å². The number of aliphatic hydroxyl groups is 3. The first-order chi connectivity index (χ1) is 47.7. The van der Waals surface area contributed by atoms with Crippen LogP contribution >= 0.6 is 0 Å². The molecule has 0 saturated carbocycles. The highest BCUT2D eigenvalue weighted by Gasteiger charge is 2.60. The summed E-state index contributed by atoms with van der Waals surface area (Å²) in [5.74, 6) is -8.31. The van der Waals surface area contributed by atoms with Crippen molar-refractivity contribution in [2.45, 2.75) is 92.1 Å². The Morgan fingerprint density at radius 2 is 0.520 bits per heavy atom. The van der Waals surface area contributed by atoms with Gasteiger partial charge in [-0.3, -0.25) is 0 Å². The third kappa shape index (κ3) is 16.9. The number of carbonyl (C=O) groups is 8. The first kappa shape index (κ1) is 68.6. The minimum absolute atomic E-state index is 0.0152. The lowest BCUT2D eigenvalue weighted by Gasteiger charge is -2.50. The monoisotopic (exact) mass is 1340 g/mol. The van der Waals surface area contributed by atoms with E-state index in [1.807, 2.05) is 0 Å². The second-order valence-corrected chi connectivity index (χ2v) is 22.4. The maximum absolute atomic E-state index is 14.8. The van der Waals surface area contributed by atoms with Crippen LogP contribution in [0.4, 0.5) is 0 Å². The lowest BCUT2D eigenvalue weighted by atomic mass is 9.95. The number of hydrogen-bond donors (Lipinski definition) is 3. The van der Waals surface area contributed by atoms with E-state index in [0.29, 0.717) is 0 Å². The van der Waals surface area contributed by atoms with Crippen LogP contribution in [-0.2, 0) is 61.6 Å². The first-order valence-corrected chi connectivity index (χ1v) is 31.0. The van der Waals surface area contributed by atoms with E-state index in [1.165, 1.54) is 158 Å². The van der Waals surface area contributed by atoms with Crippen molar-refractivity contribution in [3.63, 3.8) is 0 Å². The molecule has 0 amide bonds. The van der Waals surface area contributed by atoms with Crippen molar-refractivity contribution < 1.29 is 115 Å². The van der Waals surface area contributed by atoms with E-state index in [9.17, 15) is 53.7 Å². The highest BCUT2D eigenvalue weighted by molar-refractivity contribution is 5.93. The van der Waals surface area contributed by atoms with E-state index < -0.39 is 160 Å². The van der Waals surface area contributed by atoms with Crippen molar-refractivity contribution >= 4 is 47.8 Å². The Morgan fingerprint density at radius 3 is 0.847 bits per heavy atom. The lowest BCUT2D eigenvalue weighted by molar-refractivity contribution is -0.376. The predicted octanol–water partition coefficient (Wildman–Crippen LogP) is 7.34. The van der Waals surface area contributed by atoms with E-state index in [0.717, 1.165) is 0 Å². The Kier molecular flexibility index (Phi) is 22.9. The molecule has 8 aromatic rings. The topological polar surface area (TPSA) is 317 Å². The van der Waals surface area contributed by atoms with Crippen molar-refractivity contribution in [3.8, 4) is 0 Å². The second kappa shape index (κ2) is 32.8. The van der Waals surface area contributed by atoms with Gasteiger partial charge in [0.25, 0.3) is 0 Å². The fourth-order valence-electron chi connectivity index (χ4n) is 10.9. The maximum Gasteiger partial charge on any atom is 0.338 e. The third-order valence-corrected chi connectivity index (χ3v) is 15.9. The molecule has 8 aromatic carbocycles. The highest BCUT2D eigenvalue weighted by Crippen LogP contribution is 2.39. The molecular formula is C74H64O24. The van der Waals surface area contributed by atoms with Crippen LogP contribution in [-0.4, -0.2) is 175 Å². The molecule has 3 heterocycles. The molecule has 3 aliphatic rings. The Balaban J connectivity index is 1.04. The van der Waals surface area contributed by atoms with Gasteiger partial charge in [-0.1, -0.05) is 146 Å². The molecule has 3 saturated heterocycles. The standard InChI is InChI=1S/C74H64O24/c75-41-52-55(76)58(98-74-63(96-71(84)51-39-23-8-24-40-51)60(93-68(81)48-33-17-5-18-34-48)56(91-66(79)46-29-13-3-14-30-46)54(90-74)43-87-65(78)45-27-11-2-12-28-45)62(95-70(83)50-37-21-7-22-38-50)73(89-52)97-57-53(42-86-64(77)44-25-9-1-10-26-44)88-72(85)61(94-69(82)49-35-19-6-20-36-49)59(57)92-67(80)47-31-15-4-16-32-47/h1-40,52-63,72-76,85H,41-43H2/t52-,53-,54-,55+,56-,57-,58+,59+,60+,61+,62-,63-,72+,73+,74+/m1/s1. The van der Waals surface area contributed by atoms with Crippen LogP contribution in [0, 0.1) is 0 Å². The van der Waals surface area contributed by atoms with Crippen molar-refractivity contribution in [1.29, 1.82) is 0 Å². The molecule has 0 bridgehead atoms. The van der Waals surface area contributed by atoms with Crippen molar-refractivity contribution in [2.75, 3.05) is 19.8 Å². The van der Waals surface area contributed by atoms with Gasteiger partial charge in [0, 0.05) is 0 Å². The van der Waals surface area contributed by atoms with Gasteiger partial charge in [0.2, 0.25) is 0 Å². The summed E-state index contributed by atoms with van der Waals surface area (Å²) in [5, 5.41) is 36.0. The summed E-state index contributed by atoms with van der Waals surface area (Å²) in [7, 11) is 0. The Bertz CT molecular complexity index is 3970. The zero-order valence-corrected chi connectivity index (χ0v) is 51.8. The van der Waals surface area contributed by atoms with Crippen LogP contribution in [0.5, 0.6) is 0 Å². The van der Waals surface area contributed by atoms with Gasteiger partial charge in [-0.15, -0.1) is 0 Å². The van der Waals surface area contributed by atoms with Crippen LogP contribution in [0.3, 0.4) is 0 Å². The first-order valence-electron chi connectivity index (χ1n) is 31.0. The van der Waals surface area contributed by atoms with Crippen molar-refractivity contribution in [3.05, 3.63) is 287 Å². The summed E-state index contributed by atoms with van der Waals surface area (Å²) in [6.45, 7) is -2.76. The maximum atomic E-state index is 14.8. The molecule has 24 nitrogen and oxygen atoms in total. The zero-order valence-electron chi connectivity index (χ0n) is 51.8. The van der Waals surface area contributed by atoms with Gasteiger partial charge in [-0.05, 0) is 97.1 Å². The number of benzene rings is 8. The lowest BCUT2D eigenvalue weighted by Crippen LogP contribution is -2.68. The van der Waals surface area contributed by atoms with Crippen LogP contribution in [0.2, 0.25) is 0 Å². The minimum atomic E-state index is -2.24. The largest absolute Gasteiger partial charge is 0.459 e. The fourth-order valence-corrected chi connectivity index (χ4v) is 10.9. The number of carbonyl (C=O) groups excluding carboxylic acids is 8. The number of hydrogen-bond acceptors (Lipinski definition) is 24. The molecule has 3 N–H and O–H groups in total. The average Bonchev–Trinajstić information content (AvgIpc) is 0.712. The second-order valence-electron chi connectivity index (χ2n) is 22.4. The van der Waals surface area contributed by atoms with Crippen molar-refractivity contribution in [1.82, 2.24) is 0 Å². The molecule has 504 valence electrons. The normalized spacial score (nSPS) is 25.0. The number of rotatable bonds is 23. The number of ether oxygens (including phenoxy) is 13. The van der Waals surface area contributed by atoms with E-state index in [-0.39, 0.29) is 44.5 Å². The molecule has 0 aromatic heterocycles. The molecule has 98 heavy (non-hydrogen) atoms. The number of esters is 8. The van der Waals surface area contributed by atoms with Crippen LogP contribution in [0.25, 0.3) is 0 Å². The smallest absolute Gasteiger partial charge is 0.338 e. The minimum Gasteiger partial charge on any atom is -0.459 e. The summed E-state index contributed by atoms with van der Waals surface area (Å²) < 4.78 is 81.7. The van der Waals surface area contributed by atoms with Gasteiger partial charge in [-0.25, -0.2) is 38.4 Å². The zero-order chi connectivity index (χ0) is 68.5. The Morgan fingerprint density at radius 1 is 0.276 bits per heavy atom. The van der Waals surface area contributed by atoms with Gasteiger partial charge in [0.05, 0.1) is 51.1 Å². The van der Waals surface area contributed by atoms with E-state index in [4.69, 9.17) is 61.6 Å². The molecule has 0 unspecified atom stereocenters. The third-order valence-electron chi connectivity index (χ3n) is 15.9. The summed E-state index contributed by atoms with van der Waals surface area (Å²) in [5.41, 5.74) is -0.207. The highest BCUT2D eigenvalue weighted by atomic mass is 16.8. The van der Waals surface area contributed by atoms with Crippen LogP contribution in [0.1, 0.15) is 82.9 Å². The molecule has 24 heteroatoms. The molecule has 3 fully saturated rings. The van der Waals surface area contributed by atoms with E-state index >= 15 is 0 Å². The Labute approximate surface area is 559 Å². The molecule has 0 spiro atoms. The molecule has 0 radical (unpaired) electrons. The predicted molar refractivity (Wildman–Crippen MR) is 338 cm³/mol. The molecule has 3 aliphatic heterocycles. The van der Waals surface area contributed by atoms with Gasteiger partial charge in [-0.2, -0.15) is 0 Å². The van der Waals surface area contributed by atoms with Gasteiger partial charge >= 0.3 is 47.8 Å². The molecular weight excluding hydrogens is 1270 g/mol. The number of aliphatic hydroxyl groups excluding tert-OH is 3. The molecule has 0 aliphatic carbocycles. The quantitative estimate of drug-likeness (QED) is 0.0416. The van der Waals surface area contributed by atoms with E-state index in [2.05, 4.69) is 0 Å². The average molecular weight is 1340 g/mol.